The molecule has 2 nitrogen and oxygen atoms in total. The van der Waals surface area contributed by atoms with Gasteiger partial charge in [0.1, 0.15) is 5.75 Å². The molecule has 1 N–H and O–H groups in total. The maximum absolute atomic E-state index is 5.64. The van der Waals surface area contributed by atoms with Crippen molar-refractivity contribution < 1.29 is 4.74 Å². The van der Waals surface area contributed by atoms with Crippen LogP contribution in [0.5, 0.6) is 5.75 Å². The lowest BCUT2D eigenvalue weighted by Crippen LogP contribution is -2.43. The van der Waals surface area contributed by atoms with E-state index in [0.717, 1.165) is 18.2 Å². The summed E-state index contributed by atoms with van der Waals surface area (Å²) in [7, 11) is 1.79. The second-order valence-electron chi connectivity index (χ2n) is 7.27. The van der Waals surface area contributed by atoms with Crippen molar-refractivity contribution in [3.63, 3.8) is 0 Å². The molecule has 0 heterocycles. The third-order valence-electron chi connectivity index (χ3n) is 4.40. The van der Waals surface area contributed by atoms with Crippen LogP contribution >= 0.6 is 0 Å². The minimum absolute atomic E-state index is 0.201. The molecule has 0 saturated heterocycles. The average molecular weight is 275 g/mol. The van der Waals surface area contributed by atoms with Crippen LogP contribution in [0.25, 0.3) is 0 Å². The Labute approximate surface area is 123 Å². The highest BCUT2D eigenvalue weighted by atomic mass is 16.5. The van der Waals surface area contributed by atoms with Crippen LogP contribution in [-0.4, -0.2) is 19.2 Å². The van der Waals surface area contributed by atoms with Crippen LogP contribution in [0.4, 0.5) is 0 Å². The molecule has 2 atom stereocenters. The lowest BCUT2D eigenvalue weighted by atomic mass is 9.68. The molecule has 2 heteroatoms. The molecule has 112 valence electrons. The quantitative estimate of drug-likeness (QED) is 0.889. The second kappa shape index (κ2) is 5.77. The summed E-state index contributed by atoms with van der Waals surface area (Å²) in [6, 6.07) is 4.46. The number of hydrogen-bond donors (Lipinski definition) is 1. The number of hydrogen-bond acceptors (Lipinski definition) is 2. The first-order valence-corrected chi connectivity index (χ1v) is 7.72. The molecular formula is C18H29NO. The van der Waals surface area contributed by atoms with Gasteiger partial charge in [0.2, 0.25) is 0 Å². The Balaban J connectivity index is 2.16. The Kier molecular flexibility index (Phi) is 4.43. The van der Waals surface area contributed by atoms with Gasteiger partial charge in [0.05, 0.1) is 7.11 Å². The molecule has 2 unspecified atom stereocenters. The summed E-state index contributed by atoms with van der Waals surface area (Å²) >= 11 is 0. The van der Waals surface area contributed by atoms with E-state index in [2.05, 4.69) is 52.1 Å². The zero-order valence-corrected chi connectivity index (χ0v) is 13.8. The fraction of sp³-hybridized carbons (Fsp3) is 0.667. The summed E-state index contributed by atoms with van der Waals surface area (Å²) in [5.41, 5.74) is 4.30. The highest BCUT2D eigenvalue weighted by Gasteiger charge is 2.35. The van der Waals surface area contributed by atoms with Crippen molar-refractivity contribution in [2.75, 3.05) is 13.7 Å². The van der Waals surface area contributed by atoms with E-state index in [-0.39, 0.29) is 5.54 Å². The van der Waals surface area contributed by atoms with E-state index in [1.165, 1.54) is 29.5 Å². The van der Waals surface area contributed by atoms with Gasteiger partial charge in [-0.3, -0.25) is 0 Å². The van der Waals surface area contributed by atoms with E-state index in [0.29, 0.717) is 5.92 Å². The first kappa shape index (κ1) is 15.4. The van der Waals surface area contributed by atoms with Crippen LogP contribution in [0.2, 0.25) is 0 Å². The number of aryl methyl sites for hydroxylation is 2. The summed E-state index contributed by atoms with van der Waals surface area (Å²) in [4.78, 5) is 0. The number of nitrogens with one attached hydrogen (secondary N) is 1. The predicted octanol–water partition coefficient (Wildman–Crippen LogP) is 4.19. The SMILES string of the molecule is COc1cc(C)cc(C)c1C1CCC1CNC(C)(C)C. The van der Waals surface area contributed by atoms with Crippen molar-refractivity contribution in [3.05, 3.63) is 28.8 Å². The van der Waals surface area contributed by atoms with Crippen LogP contribution in [0, 0.1) is 19.8 Å². The first-order chi connectivity index (χ1) is 9.31. The summed E-state index contributed by atoms with van der Waals surface area (Å²) in [6.45, 7) is 12.2. The van der Waals surface area contributed by atoms with Crippen molar-refractivity contribution in [1.82, 2.24) is 5.32 Å². The molecule has 0 radical (unpaired) electrons. The third kappa shape index (κ3) is 3.35. The lowest BCUT2D eigenvalue weighted by Gasteiger charge is -2.40. The standard InChI is InChI=1S/C18H29NO/c1-12-9-13(2)17(16(10-12)20-6)15-8-7-14(15)11-19-18(3,4)5/h9-10,14-15,19H,7-8,11H2,1-6H3. The van der Waals surface area contributed by atoms with Gasteiger partial charge < -0.3 is 10.1 Å². The largest absolute Gasteiger partial charge is 0.496 e. The monoisotopic (exact) mass is 275 g/mol. The van der Waals surface area contributed by atoms with Crippen molar-refractivity contribution in [3.8, 4) is 5.75 Å². The molecule has 1 aromatic carbocycles. The van der Waals surface area contributed by atoms with E-state index < -0.39 is 0 Å². The van der Waals surface area contributed by atoms with Crippen LogP contribution in [-0.2, 0) is 0 Å². The van der Waals surface area contributed by atoms with Crippen LogP contribution in [0.1, 0.15) is 56.2 Å². The molecule has 20 heavy (non-hydrogen) atoms. The molecule has 1 aliphatic rings. The molecule has 1 aromatic rings. The molecule has 1 fully saturated rings. The maximum atomic E-state index is 5.64. The number of rotatable bonds is 4. The van der Waals surface area contributed by atoms with Gasteiger partial charge in [-0.1, -0.05) is 6.07 Å². The Bertz CT molecular complexity index is 473. The second-order valence-corrected chi connectivity index (χ2v) is 7.27. The Morgan fingerprint density at radius 3 is 2.40 bits per heavy atom. The van der Waals surface area contributed by atoms with Gasteiger partial charge in [0, 0.05) is 11.1 Å². The molecule has 0 amide bonds. The van der Waals surface area contributed by atoms with Gasteiger partial charge in [-0.25, -0.2) is 0 Å². The van der Waals surface area contributed by atoms with E-state index in [4.69, 9.17) is 4.74 Å². The molecule has 0 aromatic heterocycles. The van der Waals surface area contributed by atoms with Crippen molar-refractivity contribution in [1.29, 1.82) is 0 Å². The Morgan fingerprint density at radius 2 is 1.90 bits per heavy atom. The van der Waals surface area contributed by atoms with Crippen molar-refractivity contribution in [2.24, 2.45) is 5.92 Å². The summed E-state index contributed by atoms with van der Waals surface area (Å²) in [6.07, 6.45) is 2.61. The zero-order chi connectivity index (χ0) is 14.9. The van der Waals surface area contributed by atoms with Gasteiger partial charge in [-0.2, -0.15) is 0 Å². The highest BCUT2D eigenvalue weighted by molar-refractivity contribution is 5.46. The highest BCUT2D eigenvalue weighted by Crippen LogP contribution is 2.47. The smallest absolute Gasteiger partial charge is 0.122 e. The molecule has 1 saturated carbocycles. The van der Waals surface area contributed by atoms with Crippen LogP contribution < -0.4 is 10.1 Å². The van der Waals surface area contributed by atoms with E-state index in [1.54, 1.807) is 7.11 Å². The van der Waals surface area contributed by atoms with Gasteiger partial charge in [0.25, 0.3) is 0 Å². The molecule has 0 bridgehead atoms. The number of benzene rings is 1. The third-order valence-corrected chi connectivity index (χ3v) is 4.40. The minimum atomic E-state index is 0.201. The van der Waals surface area contributed by atoms with Crippen LogP contribution in [0.3, 0.4) is 0 Å². The van der Waals surface area contributed by atoms with Gasteiger partial charge in [0.15, 0.2) is 0 Å². The Hall–Kier alpha value is -1.02. The maximum Gasteiger partial charge on any atom is 0.122 e. The normalized spacial score (nSPS) is 22.5. The Morgan fingerprint density at radius 1 is 1.20 bits per heavy atom. The summed E-state index contributed by atoms with van der Waals surface area (Å²) in [5, 5.41) is 3.65. The molecule has 0 spiro atoms. The van der Waals surface area contributed by atoms with E-state index in [9.17, 15) is 0 Å². The molecular weight excluding hydrogens is 246 g/mol. The molecule has 2 rings (SSSR count). The van der Waals surface area contributed by atoms with Gasteiger partial charge >= 0.3 is 0 Å². The topological polar surface area (TPSA) is 21.3 Å². The summed E-state index contributed by atoms with van der Waals surface area (Å²) < 4.78 is 5.64. The zero-order valence-electron chi connectivity index (χ0n) is 13.8. The predicted molar refractivity (Wildman–Crippen MR) is 85.7 cm³/mol. The first-order valence-electron chi connectivity index (χ1n) is 7.72. The average Bonchev–Trinajstić information content (AvgIpc) is 2.29. The van der Waals surface area contributed by atoms with E-state index >= 15 is 0 Å². The van der Waals surface area contributed by atoms with Crippen LogP contribution in [0.15, 0.2) is 12.1 Å². The number of ether oxygens (including phenoxy) is 1. The molecule has 0 aliphatic heterocycles. The van der Waals surface area contributed by atoms with Gasteiger partial charge in [-0.05, 0) is 83.0 Å². The van der Waals surface area contributed by atoms with Crippen molar-refractivity contribution >= 4 is 0 Å². The minimum Gasteiger partial charge on any atom is -0.496 e. The summed E-state index contributed by atoms with van der Waals surface area (Å²) in [5.74, 6) is 2.47. The molecule has 1 aliphatic carbocycles. The fourth-order valence-corrected chi connectivity index (χ4v) is 3.21. The van der Waals surface area contributed by atoms with Crippen molar-refractivity contribution in [2.45, 2.75) is 58.9 Å². The lowest BCUT2D eigenvalue weighted by molar-refractivity contribution is 0.220. The number of methoxy groups -OCH3 is 1. The van der Waals surface area contributed by atoms with Gasteiger partial charge in [-0.15, -0.1) is 0 Å². The van der Waals surface area contributed by atoms with E-state index in [1.807, 2.05) is 0 Å². The fourth-order valence-electron chi connectivity index (χ4n) is 3.21.